The molecular formula is C15H25N3O. The van der Waals surface area contributed by atoms with Gasteiger partial charge >= 0.3 is 0 Å². The number of rotatable bonds is 8. The Hall–Kier alpha value is -1.13. The first kappa shape index (κ1) is 14.3. The molecule has 1 saturated carbocycles. The molecule has 0 amide bonds. The summed E-state index contributed by atoms with van der Waals surface area (Å²) in [5.41, 5.74) is 2.44. The number of pyridine rings is 1. The third kappa shape index (κ3) is 4.48. The van der Waals surface area contributed by atoms with Crippen LogP contribution in [0.4, 0.5) is 5.82 Å². The molecule has 4 nitrogen and oxygen atoms in total. The lowest BCUT2D eigenvalue weighted by atomic mass is 10.2. The molecule has 1 fully saturated rings. The van der Waals surface area contributed by atoms with Crippen molar-refractivity contribution in [2.24, 2.45) is 5.92 Å². The number of aromatic nitrogens is 1. The van der Waals surface area contributed by atoms with Gasteiger partial charge in [-0.1, -0.05) is 0 Å². The fourth-order valence-electron chi connectivity index (χ4n) is 2.17. The zero-order valence-corrected chi connectivity index (χ0v) is 12.3. The van der Waals surface area contributed by atoms with Gasteiger partial charge in [-0.3, -0.25) is 0 Å². The predicted octanol–water partition coefficient (Wildman–Crippen LogP) is 1.97. The van der Waals surface area contributed by atoms with Crippen molar-refractivity contribution in [2.45, 2.75) is 26.3 Å². The second-order valence-corrected chi connectivity index (χ2v) is 5.45. The number of hydrogen-bond acceptors (Lipinski definition) is 4. The van der Waals surface area contributed by atoms with Crippen molar-refractivity contribution in [1.29, 1.82) is 0 Å². The van der Waals surface area contributed by atoms with Crippen LogP contribution in [0, 0.1) is 12.8 Å². The Balaban J connectivity index is 1.81. The van der Waals surface area contributed by atoms with Gasteiger partial charge in [0.2, 0.25) is 0 Å². The Morgan fingerprint density at radius 3 is 2.89 bits per heavy atom. The summed E-state index contributed by atoms with van der Waals surface area (Å²) in [6, 6.07) is 2.19. The first-order chi connectivity index (χ1) is 9.20. The lowest BCUT2D eigenvalue weighted by Crippen LogP contribution is -2.24. The second-order valence-electron chi connectivity index (χ2n) is 5.45. The summed E-state index contributed by atoms with van der Waals surface area (Å²) in [5.74, 6) is 1.89. The molecule has 0 bridgehead atoms. The number of anilines is 1. The van der Waals surface area contributed by atoms with Gasteiger partial charge in [-0.25, -0.2) is 4.98 Å². The first-order valence-corrected chi connectivity index (χ1v) is 7.09. The van der Waals surface area contributed by atoms with Gasteiger partial charge in [-0.2, -0.15) is 0 Å². The van der Waals surface area contributed by atoms with Crippen LogP contribution in [0.2, 0.25) is 0 Å². The SMILES string of the molecule is CNCc1cnc(N(C)CCOCC2CC2)c(C)c1. The van der Waals surface area contributed by atoms with E-state index in [0.29, 0.717) is 0 Å². The van der Waals surface area contributed by atoms with E-state index in [1.807, 2.05) is 13.2 Å². The topological polar surface area (TPSA) is 37.4 Å². The molecule has 1 aliphatic carbocycles. The zero-order valence-electron chi connectivity index (χ0n) is 12.3. The van der Waals surface area contributed by atoms with Gasteiger partial charge in [0, 0.05) is 32.9 Å². The standard InChI is InChI=1S/C15H25N3O/c1-12-8-14(9-16-2)10-17-15(12)18(3)6-7-19-11-13-4-5-13/h8,10,13,16H,4-7,9,11H2,1-3H3. The molecule has 0 aliphatic heterocycles. The maximum Gasteiger partial charge on any atom is 0.131 e. The van der Waals surface area contributed by atoms with Gasteiger partial charge in [0.25, 0.3) is 0 Å². The number of nitrogens with one attached hydrogen (secondary N) is 1. The van der Waals surface area contributed by atoms with Crippen LogP contribution in [-0.4, -0.2) is 38.8 Å². The Labute approximate surface area is 116 Å². The van der Waals surface area contributed by atoms with Crippen LogP contribution in [0.5, 0.6) is 0 Å². The summed E-state index contributed by atoms with van der Waals surface area (Å²) in [6.07, 6.45) is 4.65. The zero-order chi connectivity index (χ0) is 13.7. The fourth-order valence-corrected chi connectivity index (χ4v) is 2.17. The van der Waals surface area contributed by atoms with E-state index in [0.717, 1.165) is 38.0 Å². The third-order valence-electron chi connectivity index (χ3n) is 3.47. The van der Waals surface area contributed by atoms with E-state index in [4.69, 9.17) is 4.74 Å². The molecule has 106 valence electrons. The van der Waals surface area contributed by atoms with E-state index in [2.05, 4.69) is 35.2 Å². The molecular weight excluding hydrogens is 238 g/mol. The molecule has 19 heavy (non-hydrogen) atoms. The summed E-state index contributed by atoms with van der Waals surface area (Å²) < 4.78 is 5.67. The van der Waals surface area contributed by atoms with Crippen LogP contribution in [0.25, 0.3) is 0 Å². The molecule has 1 aromatic rings. The van der Waals surface area contributed by atoms with Gasteiger partial charge in [-0.05, 0) is 49.9 Å². The Bertz CT molecular complexity index is 404. The lowest BCUT2D eigenvalue weighted by Gasteiger charge is -2.20. The maximum absolute atomic E-state index is 5.67. The fraction of sp³-hybridized carbons (Fsp3) is 0.667. The summed E-state index contributed by atoms with van der Waals surface area (Å²) in [4.78, 5) is 6.73. The predicted molar refractivity (Wildman–Crippen MR) is 78.6 cm³/mol. The summed E-state index contributed by atoms with van der Waals surface area (Å²) in [7, 11) is 4.03. The molecule has 4 heteroatoms. The van der Waals surface area contributed by atoms with Crippen molar-refractivity contribution < 1.29 is 4.74 Å². The molecule has 0 radical (unpaired) electrons. The number of hydrogen-bond donors (Lipinski definition) is 1. The van der Waals surface area contributed by atoms with Crippen molar-refractivity contribution >= 4 is 5.82 Å². The third-order valence-corrected chi connectivity index (χ3v) is 3.47. The van der Waals surface area contributed by atoms with E-state index in [1.54, 1.807) is 0 Å². The largest absolute Gasteiger partial charge is 0.379 e. The van der Waals surface area contributed by atoms with Crippen molar-refractivity contribution in [2.75, 3.05) is 38.8 Å². The van der Waals surface area contributed by atoms with Crippen LogP contribution in [0.15, 0.2) is 12.3 Å². The minimum Gasteiger partial charge on any atom is -0.379 e. The molecule has 0 aromatic carbocycles. The maximum atomic E-state index is 5.67. The van der Waals surface area contributed by atoms with E-state index in [9.17, 15) is 0 Å². The van der Waals surface area contributed by atoms with Crippen LogP contribution in [0.3, 0.4) is 0 Å². The van der Waals surface area contributed by atoms with E-state index >= 15 is 0 Å². The Kier molecular flexibility index (Phi) is 5.16. The highest BCUT2D eigenvalue weighted by Crippen LogP contribution is 2.28. The highest BCUT2D eigenvalue weighted by Gasteiger charge is 2.21. The summed E-state index contributed by atoms with van der Waals surface area (Å²) in [6.45, 7) is 5.59. The first-order valence-electron chi connectivity index (χ1n) is 7.09. The van der Waals surface area contributed by atoms with E-state index in [-0.39, 0.29) is 0 Å². The van der Waals surface area contributed by atoms with E-state index < -0.39 is 0 Å². The van der Waals surface area contributed by atoms with Crippen LogP contribution in [0.1, 0.15) is 24.0 Å². The molecule has 2 rings (SSSR count). The van der Waals surface area contributed by atoms with Crippen molar-refractivity contribution in [1.82, 2.24) is 10.3 Å². The lowest BCUT2D eigenvalue weighted by molar-refractivity contribution is 0.130. The van der Waals surface area contributed by atoms with Crippen LogP contribution >= 0.6 is 0 Å². The minimum atomic E-state index is 0.784. The van der Waals surface area contributed by atoms with Gasteiger partial charge < -0.3 is 15.0 Å². The van der Waals surface area contributed by atoms with Gasteiger partial charge in [0.05, 0.1) is 6.61 Å². The smallest absolute Gasteiger partial charge is 0.131 e. The molecule has 1 N–H and O–H groups in total. The van der Waals surface area contributed by atoms with Crippen molar-refractivity contribution in [3.8, 4) is 0 Å². The molecule has 1 aromatic heterocycles. The number of likely N-dealkylation sites (N-methyl/N-ethyl adjacent to an activating group) is 1. The summed E-state index contributed by atoms with van der Waals surface area (Å²) in [5, 5.41) is 3.14. The Morgan fingerprint density at radius 1 is 1.47 bits per heavy atom. The quantitative estimate of drug-likeness (QED) is 0.728. The van der Waals surface area contributed by atoms with Crippen molar-refractivity contribution in [3.63, 3.8) is 0 Å². The van der Waals surface area contributed by atoms with Crippen molar-refractivity contribution in [3.05, 3.63) is 23.4 Å². The highest BCUT2D eigenvalue weighted by molar-refractivity contribution is 5.46. The summed E-state index contributed by atoms with van der Waals surface area (Å²) >= 11 is 0. The molecule has 0 spiro atoms. The monoisotopic (exact) mass is 263 g/mol. The van der Waals surface area contributed by atoms with E-state index in [1.165, 1.54) is 24.0 Å². The van der Waals surface area contributed by atoms with Gasteiger partial charge in [0.15, 0.2) is 0 Å². The number of nitrogens with zero attached hydrogens (tertiary/aromatic N) is 2. The molecule has 1 aliphatic rings. The van der Waals surface area contributed by atoms with Crippen LogP contribution in [-0.2, 0) is 11.3 Å². The molecule has 0 unspecified atom stereocenters. The minimum absolute atomic E-state index is 0.784. The number of ether oxygens (including phenoxy) is 1. The second kappa shape index (κ2) is 6.87. The molecule has 0 atom stereocenters. The highest BCUT2D eigenvalue weighted by atomic mass is 16.5. The average molecular weight is 263 g/mol. The van der Waals surface area contributed by atoms with Gasteiger partial charge in [-0.15, -0.1) is 0 Å². The van der Waals surface area contributed by atoms with Gasteiger partial charge in [0.1, 0.15) is 5.82 Å². The number of aryl methyl sites for hydroxylation is 1. The molecule has 0 saturated heterocycles. The van der Waals surface area contributed by atoms with Crippen LogP contribution < -0.4 is 10.2 Å². The average Bonchev–Trinajstić information content (AvgIpc) is 3.19. The normalized spacial score (nSPS) is 14.7. The Morgan fingerprint density at radius 2 is 2.26 bits per heavy atom. The molecule has 1 heterocycles.